The second-order valence-corrected chi connectivity index (χ2v) is 5.85. The lowest BCUT2D eigenvalue weighted by Gasteiger charge is -2.03. The van der Waals surface area contributed by atoms with Gasteiger partial charge in [0.25, 0.3) is 5.91 Å². The molecule has 0 unspecified atom stereocenters. The van der Waals surface area contributed by atoms with E-state index in [1.165, 1.54) is 28.9 Å². The first-order valence-electron chi connectivity index (χ1n) is 6.68. The van der Waals surface area contributed by atoms with Crippen LogP contribution >= 0.6 is 11.3 Å². The van der Waals surface area contributed by atoms with E-state index in [1.807, 2.05) is 12.3 Å². The van der Waals surface area contributed by atoms with Crippen molar-refractivity contribution in [3.8, 4) is 0 Å². The number of thiazole rings is 1. The minimum atomic E-state index is -0.256. The molecule has 2 heterocycles. The summed E-state index contributed by atoms with van der Waals surface area (Å²) in [5.74, 6) is 0.333. The van der Waals surface area contributed by atoms with Crippen LogP contribution in [0.25, 0.3) is 0 Å². The van der Waals surface area contributed by atoms with Gasteiger partial charge in [-0.05, 0) is 19.3 Å². The number of carbonyl (C=O) groups excluding carboxylic acids is 1. The third kappa shape index (κ3) is 2.29. The van der Waals surface area contributed by atoms with Crippen molar-refractivity contribution in [2.45, 2.75) is 32.1 Å². The van der Waals surface area contributed by atoms with Gasteiger partial charge in [0, 0.05) is 18.3 Å². The third-order valence-corrected chi connectivity index (χ3v) is 4.22. The topological polar surface area (TPSA) is 85.8 Å². The quantitative estimate of drug-likeness (QED) is 0.903. The van der Waals surface area contributed by atoms with Crippen molar-refractivity contribution in [2.24, 2.45) is 7.05 Å². The van der Waals surface area contributed by atoms with Gasteiger partial charge in [0.15, 0.2) is 5.13 Å². The highest BCUT2D eigenvalue weighted by molar-refractivity contribution is 7.14. The minimum absolute atomic E-state index is 0.256. The molecule has 1 aliphatic rings. The average molecular weight is 291 g/mol. The largest absolute Gasteiger partial charge is 0.395 e. The molecule has 0 atom stereocenters. The van der Waals surface area contributed by atoms with E-state index in [0.29, 0.717) is 28.9 Å². The Kier molecular flexibility index (Phi) is 3.21. The number of nitrogens with two attached hydrogens (primary N) is 1. The number of nitrogens with zero attached hydrogens (tertiary/aromatic N) is 3. The number of nitrogens with one attached hydrogen (secondary N) is 1. The maximum atomic E-state index is 12.3. The van der Waals surface area contributed by atoms with Crippen LogP contribution in [0.15, 0.2) is 5.38 Å². The number of hydrogen-bond acceptors (Lipinski definition) is 5. The zero-order valence-electron chi connectivity index (χ0n) is 11.5. The smallest absolute Gasteiger partial charge is 0.277 e. The van der Waals surface area contributed by atoms with E-state index in [2.05, 4.69) is 15.4 Å². The van der Waals surface area contributed by atoms with Gasteiger partial charge in [-0.1, -0.05) is 6.92 Å². The summed E-state index contributed by atoms with van der Waals surface area (Å²) in [6, 6.07) is 0. The number of amides is 1. The molecule has 7 heteroatoms. The molecule has 1 saturated carbocycles. The van der Waals surface area contributed by atoms with E-state index < -0.39 is 0 Å². The van der Waals surface area contributed by atoms with Crippen LogP contribution in [0.4, 0.5) is 10.8 Å². The number of carbonyl (C=O) groups is 1. The number of aryl methyl sites for hydroxylation is 2. The molecule has 1 fully saturated rings. The molecular weight excluding hydrogens is 274 g/mol. The highest BCUT2D eigenvalue weighted by Crippen LogP contribution is 2.40. The number of rotatable bonds is 4. The summed E-state index contributed by atoms with van der Waals surface area (Å²) in [7, 11) is 1.72. The molecule has 0 aliphatic heterocycles. The SMILES string of the molecule is CCc1nn(C)c(C(=O)Nc2nc(C3CC3)cs2)c1N. The lowest BCUT2D eigenvalue weighted by atomic mass is 10.2. The third-order valence-electron chi connectivity index (χ3n) is 3.45. The van der Waals surface area contributed by atoms with Crippen LogP contribution < -0.4 is 11.1 Å². The molecule has 3 rings (SSSR count). The summed E-state index contributed by atoms with van der Waals surface area (Å²) in [4.78, 5) is 16.7. The van der Waals surface area contributed by atoms with Crippen LogP contribution in [0.3, 0.4) is 0 Å². The summed E-state index contributed by atoms with van der Waals surface area (Å²) in [6.07, 6.45) is 3.10. The van der Waals surface area contributed by atoms with Crippen molar-refractivity contribution >= 4 is 28.1 Å². The van der Waals surface area contributed by atoms with Crippen molar-refractivity contribution in [3.05, 3.63) is 22.5 Å². The molecule has 0 bridgehead atoms. The van der Waals surface area contributed by atoms with Crippen molar-refractivity contribution in [3.63, 3.8) is 0 Å². The van der Waals surface area contributed by atoms with Gasteiger partial charge in [0.1, 0.15) is 5.69 Å². The Morgan fingerprint density at radius 1 is 1.60 bits per heavy atom. The van der Waals surface area contributed by atoms with Crippen molar-refractivity contribution in [1.82, 2.24) is 14.8 Å². The molecule has 6 nitrogen and oxygen atoms in total. The summed E-state index contributed by atoms with van der Waals surface area (Å²) in [5.41, 5.74) is 8.64. The Hall–Kier alpha value is -1.89. The highest BCUT2D eigenvalue weighted by Gasteiger charge is 2.27. The van der Waals surface area contributed by atoms with Crippen molar-refractivity contribution in [1.29, 1.82) is 0 Å². The highest BCUT2D eigenvalue weighted by atomic mass is 32.1. The van der Waals surface area contributed by atoms with Crippen molar-refractivity contribution in [2.75, 3.05) is 11.1 Å². The number of anilines is 2. The normalized spacial score (nSPS) is 14.5. The lowest BCUT2D eigenvalue weighted by molar-refractivity contribution is 0.101. The molecule has 1 aliphatic carbocycles. The molecule has 2 aromatic heterocycles. The first kappa shape index (κ1) is 13.1. The summed E-state index contributed by atoms with van der Waals surface area (Å²) >= 11 is 1.45. The summed E-state index contributed by atoms with van der Waals surface area (Å²) in [5, 5.41) is 9.69. The average Bonchev–Trinajstić information content (AvgIpc) is 3.09. The van der Waals surface area contributed by atoms with E-state index in [9.17, 15) is 4.79 Å². The molecule has 20 heavy (non-hydrogen) atoms. The fourth-order valence-electron chi connectivity index (χ4n) is 2.19. The molecule has 106 valence electrons. The Balaban J connectivity index is 1.79. The fourth-order valence-corrected chi connectivity index (χ4v) is 2.98. The van der Waals surface area contributed by atoms with Gasteiger partial charge < -0.3 is 5.73 Å². The van der Waals surface area contributed by atoms with Gasteiger partial charge in [0.2, 0.25) is 0 Å². The fraction of sp³-hybridized carbons (Fsp3) is 0.462. The van der Waals surface area contributed by atoms with Gasteiger partial charge in [-0.3, -0.25) is 14.8 Å². The van der Waals surface area contributed by atoms with Crippen LogP contribution in [0.2, 0.25) is 0 Å². The minimum Gasteiger partial charge on any atom is -0.395 e. The van der Waals surface area contributed by atoms with Crippen LogP contribution in [-0.4, -0.2) is 20.7 Å². The van der Waals surface area contributed by atoms with Gasteiger partial charge in [-0.2, -0.15) is 5.10 Å². The second-order valence-electron chi connectivity index (χ2n) is 4.99. The maximum absolute atomic E-state index is 12.3. The number of hydrogen-bond donors (Lipinski definition) is 2. The van der Waals surface area contributed by atoms with Crippen LogP contribution in [0.1, 0.15) is 47.6 Å². The van der Waals surface area contributed by atoms with Crippen LogP contribution in [0, 0.1) is 0 Å². The Bertz CT molecular complexity index is 656. The Morgan fingerprint density at radius 3 is 2.95 bits per heavy atom. The molecule has 2 aromatic rings. The van der Waals surface area contributed by atoms with Gasteiger partial charge in [0.05, 0.1) is 17.1 Å². The van der Waals surface area contributed by atoms with Gasteiger partial charge in [-0.15, -0.1) is 11.3 Å². The number of aromatic nitrogens is 3. The molecule has 0 spiro atoms. The van der Waals surface area contributed by atoms with E-state index in [-0.39, 0.29) is 5.91 Å². The molecule has 0 saturated heterocycles. The zero-order chi connectivity index (χ0) is 14.3. The molecular formula is C13H17N5OS. The lowest BCUT2D eigenvalue weighted by Crippen LogP contribution is -2.17. The van der Waals surface area contributed by atoms with Gasteiger partial charge >= 0.3 is 0 Å². The zero-order valence-corrected chi connectivity index (χ0v) is 12.3. The Morgan fingerprint density at radius 2 is 2.35 bits per heavy atom. The van der Waals surface area contributed by atoms with Crippen LogP contribution in [-0.2, 0) is 13.5 Å². The predicted octanol–water partition coefficient (Wildman–Crippen LogP) is 2.15. The molecule has 0 radical (unpaired) electrons. The number of nitrogen functional groups attached to an aromatic ring is 1. The second kappa shape index (κ2) is 4.90. The summed E-state index contributed by atoms with van der Waals surface area (Å²) in [6.45, 7) is 1.96. The maximum Gasteiger partial charge on any atom is 0.277 e. The summed E-state index contributed by atoms with van der Waals surface area (Å²) < 4.78 is 1.53. The van der Waals surface area contributed by atoms with E-state index >= 15 is 0 Å². The van der Waals surface area contributed by atoms with Gasteiger partial charge in [-0.25, -0.2) is 4.98 Å². The molecule has 0 aromatic carbocycles. The first-order chi connectivity index (χ1) is 9.60. The van der Waals surface area contributed by atoms with E-state index in [1.54, 1.807) is 7.05 Å². The monoisotopic (exact) mass is 291 g/mol. The van der Waals surface area contributed by atoms with Crippen molar-refractivity contribution < 1.29 is 4.79 Å². The standard InChI is InChI=1S/C13H17N5OS/c1-3-8-10(14)11(18(2)17-8)12(19)16-13-15-9(6-20-13)7-4-5-7/h6-7H,3-5,14H2,1-2H3,(H,15,16,19). The Labute approximate surface area is 121 Å². The van der Waals surface area contributed by atoms with Crippen LogP contribution in [0.5, 0.6) is 0 Å². The molecule has 3 N–H and O–H groups in total. The predicted molar refractivity (Wildman–Crippen MR) is 79.0 cm³/mol. The first-order valence-corrected chi connectivity index (χ1v) is 7.56. The molecule has 1 amide bonds. The van der Waals surface area contributed by atoms with E-state index in [0.717, 1.165) is 11.4 Å². The van der Waals surface area contributed by atoms with E-state index in [4.69, 9.17) is 5.73 Å².